The van der Waals surface area contributed by atoms with Crippen LogP contribution in [0.5, 0.6) is 0 Å². The molecule has 1 aromatic carbocycles. The number of benzene rings is 1. The molecule has 2 aromatic rings. The fourth-order valence-corrected chi connectivity index (χ4v) is 2.00. The van der Waals surface area contributed by atoms with Crippen LogP contribution in [-0.4, -0.2) is 4.98 Å². The van der Waals surface area contributed by atoms with E-state index < -0.39 is 0 Å². The molecule has 5 heteroatoms. The summed E-state index contributed by atoms with van der Waals surface area (Å²) in [5.74, 6) is 0. The maximum Gasteiger partial charge on any atom is 0.106 e. The van der Waals surface area contributed by atoms with Gasteiger partial charge >= 0.3 is 0 Å². The van der Waals surface area contributed by atoms with Gasteiger partial charge in [0.15, 0.2) is 0 Å². The topological polar surface area (TPSA) is 48.7 Å². The third-order valence-electron chi connectivity index (χ3n) is 2.33. The zero-order valence-electron chi connectivity index (χ0n) is 9.32. The summed E-state index contributed by atoms with van der Waals surface area (Å²) in [6.45, 7) is 0.589. The van der Waals surface area contributed by atoms with Gasteiger partial charge in [0.2, 0.25) is 0 Å². The van der Waals surface area contributed by atoms with Crippen molar-refractivity contribution in [3.63, 3.8) is 0 Å². The van der Waals surface area contributed by atoms with Gasteiger partial charge in [-0.05, 0) is 46.3 Å². The highest BCUT2D eigenvalue weighted by atomic mass is 79.9. The summed E-state index contributed by atoms with van der Waals surface area (Å²) in [6.07, 6.45) is 0. The molecule has 0 aliphatic carbocycles. The van der Waals surface area contributed by atoms with Crippen LogP contribution >= 0.6 is 27.5 Å². The van der Waals surface area contributed by atoms with E-state index in [1.807, 2.05) is 30.3 Å². The summed E-state index contributed by atoms with van der Waals surface area (Å²) >= 11 is 9.19. The number of rotatable bonds is 3. The highest BCUT2D eigenvalue weighted by Gasteiger charge is 2.01. The Bertz CT molecular complexity index is 607. The molecule has 0 aliphatic rings. The summed E-state index contributed by atoms with van der Waals surface area (Å²) in [6, 6.07) is 13.0. The number of nitriles is 1. The molecule has 0 bridgehead atoms. The third kappa shape index (κ3) is 3.22. The van der Waals surface area contributed by atoms with Crippen LogP contribution in [0.4, 0.5) is 5.69 Å². The van der Waals surface area contributed by atoms with Crippen LogP contribution in [0.3, 0.4) is 0 Å². The Hall–Kier alpha value is -1.57. The average Bonchev–Trinajstić information content (AvgIpc) is 2.38. The second kappa shape index (κ2) is 5.85. The Kier molecular flexibility index (Phi) is 4.19. The monoisotopic (exact) mass is 321 g/mol. The van der Waals surface area contributed by atoms with Crippen molar-refractivity contribution < 1.29 is 0 Å². The summed E-state index contributed by atoms with van der Waals surface area (Å²) in [5.41, 5.74) is 2.22. The van der Waals surface area contributed by atoms with Gasteiger partial charge in [-0.3, -0.25) is 0 Å². The Morgan fingerprint density at radius 2 is 2.17 bits per heavy atom. The molecule has 0 atom stereocenters. The summed E-state index contributed by atoms with van der Waals surface area (Å²) in [5, 5.41) is 12.5. The third-order valence-corrected chi connectivity index (χ3v) is 3.10. The van der Waals surface area contributed by atoms with Gasteiger partial charge in [-0.25, -0.2) is 4.98 Å². The van der Waals surface area contributed by atoms with Crippen molar-refractivity contribution in [2.24, 2.45) is 0 Å². The van der Waals surface area contributed by atoms with Gasteiger partial charge in [0.25, 0.3) is 0 Å². The molecule has 3 nitrogen and oxygen atoms in total. The lowest BCUT2D eigenvalue weighted by molar-refractivity contribution is 1.03. The molecule has 0 spiro atoms. The van der Waals surface area contributed by atoms with E-state index in [9.17, 15) is 0 Å². The van der Waals surface area contributed by atoms with Crippen molar-refractivity contribution in [3.05, 3.63) is 57.3 Å². The zero-order chi connectivity index (χ0) is 13.0. The van der Waals surface area contributed by atoms with Gasteiger partial charge in [0.1, 0.15) is 10.7 Å². The standard InChI is InChI=1S/C13H9BrClN3/c14-13-3-1-2-11(18-13)8-17-10-4-5-12(15)9(6-10)7-16/h1-6,17H,8H2. The molecule has 90 valence electrons. The first kappa shape index (κ1) is 12.9. The van der Waals surface area contributed by atoms with E-state index in [-0.39, 0.29) is 0 Å². The second-order valence-electron chi connectivity index (χ2n) is 3.61. The Morgan fingerprint density at radius 1 is 1.33 bits per heavy atom. The zero-order valence-corrected chi connectivity index (χ0v) is 11.7. The van der Waals surface area contributed by atoms with E-state index in [4.69, 9.17) is 16.9 Å². The predicted molar refractivity (Wildman–Crippen MR) is 75.4 cm³/mol. The van der Waals surface area contributed by atoms with Crippen molar-refractivity contribution in [2.75, 3.05) is 5.32 Å². The quantitative estimate of drug-likeness (QED) is 0.870. The van der Waals surface area contributed by atoms with E-state index in [2.05, 4.69) is 26.2 Å². The number of hydrogen-bond donors (Lipinski definition) is 1. The van der Waals surface area contributed by atoms with Gasteiger partial charge in [0, 0.05) is 5.69 Å². The van der Waals surface area contributed by atoms with Crippen LogP contribution in [0, 0.1) is 11.3 Å². The maximum absolute atomic E-state index is 8.88. The van der Waals surface area contributed by atoms with E-state index in [0.29, 0.717) is 17.1 Å². The van der Waals surface area contributed by atoms with Crippen molar-refractivity contribution in [2.45, 2.75) is 6.54 Å². The van der Waals surface area contributed by atoms with Crippen LogP contribution < -0.4 is 5.32 Å². The first-order valence-corrected chi connectivity index (χ1v) is 6.41. The number of hydrogen-bond acceptors (Lipinski definition) is 3. The van der Waals surface area contributed by atoms with Crippen molar-refractivity contribution in [1.29, 1.82) is 5.26 Å². The molecule has 2 rings (SSSR count). The Balaban J connectivity index is 2.09. The molecule has 0 radical (unpaired) electrons. The number of halogens is 2. The number of pyridine rings is 1. The smallest absolute Gasteiger partial charge is 0.106 e. The van der Waals surface area contributed by atoms with E-state index >= 15 is 0 Å². The predicted octanol–water partition coefficient (Wildman–Crippen LogP) is 3.98. The lowest BCUT2D eigenvalue weighted by atomic mass is 10.2. The normalized spacial score (nSPS) is 9.83. The molecular weight excluding hydrogens is 314 g/mol. The van der Waals surface area contributed by atoms with E-state index in [1.54, 1.807) is 12.1 Å². The molecule has 0 saturated carbocycles. The highest BCUT2D eigenvalue weighted by molar-refractivity contribution is 9.10. The van der Waals surface area contributed by atoms with E-state index in [0.717, 1.165) is 16.0 Å². The second-order valence-corrected chi connectivity index (χ2v) is 4.83. The van der Waals surface area contributed by atoms with Gasteiger partial charge < -0.3 is 5.32 Å². The Labute approximate surface area is 119 Å². The van der Waals surface area contributed by atoms with Crippen LogP contribution in [0.1, 0.15) is 11.3 Å². The minimum Gasteiger partial charge on any atom is -0.379 e. The van der Waals surface area contributed by atoms with Crippen LogP contribution in [0.15, 0.2) is 41.0 Å². The fraction of sp³-hybridized carbons (Fsp3) is 0.0769. The van der Waals surface area contributed by atoms with E-state index in [1.165, 1.54) is 0 Å². The number of nitrogens with one attached hydrogen (secondary N) is 1. The first-order chi connectivity index (χ1) is 8.69. The van der Waals surface area contributed by atoms with Gasteiger partial charge in [0.05, 0.1) is 22.8 Å². The Morgan fingerprint density at radius 3 is 2.89 bits per heavy atom. The fourth-order valence-electron chi connectivity index (χ4n) is 1.46. The van der Waals surface area contributed by atoms with Crippen LogP contribution in [0.2, 0.25) is 5.02 Å². The molecule has 0 amide bonds. The minimum absolute atomic E-state index is 0.462. The summed E-state index contributed by atoms with van der Waals surface area (Å²) in [4.78, 5) is 4.31. The molecule has 0 fully saturated rings. The minimum atomic E-state index is 0.462. The summed E-state index contributed by atoms with van der Waals surface area (Å²) < 4.78 is 0.802. The van der Waals surface area contributed by atoms with Gasteiger partial charge in [-0.15, -0.1) is 0 Å². The molecule has 1 aromatic heterocycles. The molecular formula is C13H9BrClN3. The van der Waals surface area contributed by atoms with Crippen molar-refractivity contribution in [1.82, 2.24) is 4.98 Å². The number of anilines is 1. The largest absolute Gasteiger partial charge is 0.379 e. The highest BCUT2D eigenvalue weighted by Crippen LogP contribution is 2.20. The number of nitrogens with zero attached hydrogens (tertiary/aromatic N) is 2. The molecule has 0 saturated heterocycles. The first-order valence-electron chi connectivity index (χ1n) is 5.24. The molecule has 0 unspecified atom stereocenters. The lowest BCUT2D eigenvalue weighted by Gasteiger charge is -2.07. The van der Waals surface area contributed by atoms with Gasteiger partial charge in [-0.1, -0.05) is 17.7 Å². The van der Waals surface area contributed by atoms with Gasteiger partial charge in [-0.2, -0.15) is 5.26 Å². The van der Waals surface area contributed by atoms with Crippen LogP contribution in [0.25, 0.3) is 0 Å². The summed E-state index contributed by atoms with van der Waals surface area (Å²) in [7, 11) is 0. The van der Waals surface area contributed by atoms with Crippen molar-refractivity contribution >= 4 is 33.2 Å². The lowest BCUT2D eigenvalue weighted by Crippen LogP contribution is -2.01. The number of aromatic nitrogens is 1. The maximum atomic E-state index is 8.88. The molecule has 18 heavy (non-hydrogen) atoms. The molecule has 0 aliphatic heterocycles. The average molecular weight is 323 g/mol. The molecule has 1 N–H and O–H groups in total. The SMILES string of the molecule is N#Cc1cc(NCc2cccc(Br)n2)ccc1Cl. The molecule has 1 heterocycles. The van der Waals surface area contributed by atoms with Crippen molar-refractivity contribution in [3.8, 4) is 6.07 Å². The van der Waals surface area contributed by atoms with Crippen LogP contribution in [-0.2, 0) is 6.54 Å².